The second-order valence-electron chi connectivity index (χ2n) is 8.00. The normalized spacial score (nSPS) is 14.3. The maximum absolute atomic E-state index is 13.1. The minimum absolute atomic E-state index is 0.0490. The fourth-order valence-corrected chi connectivity index (χ4v) is 4.76. The van der Waals surface area contributed by atoms with Crippen molar-refractivity contribution in [2.75, 3.05) is 19.7 Å². The van der Waals surface area contributed by atoms with Crippen molar-refractivity contribution >= 4 is 23.2 Å². The molecule has 1 saturated heterocycles. The molecule has 7 heteroatoms. The zero-order valence-corrected chi connectivity index (χ0v) is 19.1. The topological polar surface area (TPSA) is 63.6 Å². The van der Waals surface area contributed by atoms with Crippen LogP contribution in [0.1, 0.15) is 41.4 Å². The smallest absolute Gasteiger partial charge is 0.266 e. The van der Waals surface area contributed by atoms with Crippen LogP contribution in [0.15, 0.2) is 60.2 Å². The highest BCUT2D eigenvalue weighted by atomic mass is 32.1. The van der Waals surface area contributed by atoms with Crippen LogP contribution in [0.4, 0.5) is 0 Å². The van der Waals surface area contributed by atoms with Gasteiger partial charge in [-0.05, 0) is 60.5 Å². The van der Waals surface area contributed by atoms with Crippen LogP contribution in [0.2, 0.25) is 0 Å². The number of carbonyl (C=O) groups is 2. The molecule has 0 atom stereocenters. The van der Waals surface area contributed by atoms with E-state index < -0.39 is 0 Å². The van der Waals surface area contributed by atoms with E-state index in [9.17, 15) is 9.59 Å². The second-order valence-corrected chi connectivity index (χ2v) is 8.92. The van der Waals surface area contributed by atoms with Crippen molar-refractivity contribution in [2.45, 2.75) is 32.7 Å². The summed E-state index contributed by atoms with van der Waals surface area (Å²) in [6.07, 6.45) is 6.24. The first-order chi connectivity index (χ1) is 15.7. The lowest BCUT2D eigenvalue weighted by Gasteiger charge is -2.31. The second kappa shape index (κ2) is 10.5. The third-order valence-corrected chi connectivity index (χ3v) is 6.63. The molecule has 0 aliphatic carbocycles. The Labute approximate surface area is 192 Å². The molecule has 4 rings (SSSR count). The van der Waals surface area contributed by atoms with E-state index in [1.165, 1.54) is 11.3 Å². The lowest BCUT2D eigenvalue weighted by molar-refractivity contribution is -0.126. The molecule has 1 N–H and O–H groups in total. The van der Waals surface area contributed by atoms with Crippen LogP contribution in [-0.2, 0) is 11.3 Å². The van der Waals surface area contributed by atoms with Crippen molar-refractivity contribution in [3.63, 3.8) is 0 Å². The van der Waals surface area contributed by atoms with Gasteiger partial charge < -0.3 is 19.5 Å². The summed E-state index contributed by atoms with van der Waals surface area (Å²) in [4.78, 5) is 28.3. The number of hydrogen-bond donors (Lipinski definition) is 1. The largest absolute Gasteiger partial charge is 0.494 e. The first kappa shape index (κ1) is 22.1. The zero-order chi connectivity index (χ0) is 22.3. The van der Waals surface area contributed by atoms with Crippen LogP contribution < -0.4 is 10.1 Å². The fraction of sp³-hybridized carbons (Fsp3) is 0.360. The van der Waals surface area contributed by atoms with Crippen molar-refractivity contribution in [3.05, 3.63) is 70.7 Å². The first-order valence-electron chi connectivity index (χ1n) is 11.1. The van der Waals surface area contributed by atoms with Crippen LogP contribution in [-0.4, -0.2) is 41.0 Å². The molecule has 0 radical (unpaired) electrons. The van der Waals surface area contributed by atoms with Gasteiger partial charge in [-0.1, -0.05) is 19.1 Å². The Hall–Kier alpha value is -3.06. The van der Waals surface area contributed by atoms with Gasteiger partial charge in [0, 0.05) is 37.9 Å². The van der Waals surface area contributed by atoms with Crippen LogP contribution in [0.5, 0.6) is 5.75 Å². The SMILES string of the molecule is CCCOc1ccc(CNC(=O)C2CCN(C(=O)c3sccc3-n3cccc3)CC2)cc1. The maximum atomic E-state index is 13.1. The number of carbonyl (C=O) groups excluding carboxylic acids is 2. The van der Waals surface area contributed by atoms with E-state index in [4.69, 9.17) is 4.74 Å². The molecule has 0 spiro atoms. The molecular formula is C25H29N3O3S. The van der Waals surface area contributed by atoms with Crippen LogP contribution in [0.25, 0.3) is 5.69 Å². The number of aromatic nitrogens is 1. The molecular weight excluding hydrogens is 422 g/mol. The van der Waals surface area contributed by atoms with Gasteiger partial charge in [-0.25, -0.2) is 0 Å². The number of nitrogens with zero attached hydrogens (tertiary/aromatic N) is 2. The highest BCUT2D eigenvalue weighted by molar-refractivity contribution is 7.12. The lowest BCUT2D eigenvalue weighted by atomic mass is 9.95. The highest BCUT2D eigenvalue weighted by Gasteiger charge is 2.29. The number of likely N-dealkylation sites (tertiary alicyclic amines) is 1. The van der Waals surface area contributed by atoms with Gasteiger partial charge in [-0.3, -0.25) is 9.59 Å². The monoisotopic (exact) mass is 451 g/mol. The van der Waals surface area contributed by atoms with Crippen LogP contribution in [0, 0.1) is 5.92 Å². The van der Waals surface area contributed by atoms with Gasteiger partial charge in [0.2, 0.25) is 5.91 Å². The number of amides is 2. The van der Waals surface area contributed by atoms with Crippen molar-refractivity contribution < 1.29 is 14.3 Å². The Morgan fingerprint density at radius 2 is 1.81 bits per heavy atom. The van der Waals surface area contributed by atoms with Gasteiger partial charge in [0.1, 0.15) is 10.6 Å². The van der Waals surface area contributed by atoms with Gasteiger partial charge in [-0.2, -0.15) is 0 Å². The van der Waals surface area contributed by atoms with Gasteiger partial charge in [0.25, 0.3) is 5.91 Å². The average Bonchev–Trinajstić information content (AvgIpc) is 3.53. The van der Waals surface area contributed by atoms with Crippen molar-refractivity contribution in [1.29, 1.82) is 0 Å². The fourth-order valence-electron chi connectivity index (χ4n) is 3.91. The Kier molecular flexibility index (Phi) is 7.27. The maximum Gasteiger partial charge on any atom is 0.266 e. The predicted octanol–water partition coefficient (Wildman–Crippen LogP) is 4.50. The standard InChI is InChI=1S/C25H29N3O3S/c1-2-16-31-21-7-5-19(6-8-21)18-26-24(29)20-9-14-28(15-10-20)25(30)23-22(11-17-32-23)27-12-3-4-13-27/h3-8,11-13,17,20H,2,9-10,14-16,18H2,1H3,(H,26,29). The third kappa shape index (κ3) is 5.22. The summed E-state index contributed by atoms with van der Waals surface area (Å²) in [6.45, 7) is 4.49. The van der Waals surface area contributed by atoms with Crippen molar-refractivity contribution in [1.82, 2.24) is 14.8 Å². The van der Waals surface area contributed by atoms with E-state index in [-0.39, 0.29) is 17.7 Å². The molecule has 6 nitrogen and oxygen atoms in total. The van der Waals surface area contributed by atoms with Gasteiger partial charge in [0.05, 0.1) is 12.3 Å². The number of rotatable bonds is 8. The summed E-state index contributed by atoms with van der Waals surface area (Å²) < 4.78 is 7.56. The van der Waals surface area contributed by atoms with E-state index in [1.54, 1.807) is 0 Å². The molecule has 2 aromatic heterocycles. The molecule has 1 aliphatic rings. The summed E-state index contributed by atoms with van der Waals surface area (Å²) in [6, 6.07) is 13.7. The van der Waals surface area contributed by atoms with E-state index in [1.807, 2.05) is 69.7 Å². The molecule has 3 heterocycles. The summed E-state index contributed by atoms with van der Waals surface area (Å²) in [5.74, 6) is 0.906. The minimum Gasteiger partial charge on any atom is -0.494 e. The Morgan fingerprint density at radius 1 is 1.09 bits per heavy atom. The van der Waals surface area contributed by atoms with Crippen LogP contribution in [0.3, 0.4) is 0 Å². The molecule has 0 unspecified atom stereocenters. The lowest BCUT2D eigenvalue weighted by Crippen LogP contribution is -2.42. The number of thiophene rings is 1. The summed E-state index contributed by atoms with van der Waals surface area (Å²) >= 11 is 1.47. The van der Waals surface area contributed by atoms with Gasteiger partial charge in [-0.15, -0.1) is 11.3 Å². The molecule has 1 aromatic carbocycles. The third-order valence-electron chi connectivity index (χ3n) is 5.74. The molecule has 2 amide bonds. The summed E-state index contributed by atoms with van der Waals surface area (Å²) in [7, 11) is 0. The van der Waals surface area contributed by atoms with Crippen molar-refractivity contribution in [2.24, 2.45) is 5.92 Å². The number of hydrogen-bond acceptors (Lipinski definition) is 4. The summed E-state index contributed by atoms with van der Waals surface area (Å²) in [5, 5.41) is 5.00. The van der Waals surface area contributed by atoms with Crippen molar-refractivity contribution in [3.8, 4) is 11.4 Å². The first-order valence-corrected chi connectivity index (χ1v) is 12.0. The predicted molar refractivity (Wildman–Crippen MR) is 126 cm³/mol. The molecule has 168 valence electrons. The Morgan fingerprint density at radius 3 is 2.50 bits per heavy atom. The number of piperidine rings is 1. The quantitative estimate of drug-likeness (QED) is 0.549. The molecule has 1 fully saturated rings. The summed E-state index contributed by atoms with van der Waals surface area (Å²) in [5.41, 5.74) is 1.96. The number of ether oxygens (including phenoxy) is 1. The number of benzene rings is 1. The van der Waals surface area contributed by atoms with Gasteiger partial charge in [0.15, 0.2) is 0 Å². The molecule has 0 saturated carbocycles. The minimum atomic E-state index is -0.0570. The zero-order valence-electron chi connectivity index (χ0n) is 18.3. The van der Waals surface area contributed by atoms with E-state index in [0.29, 0.717) is 39.1 Å². The molecule has 0 bridgehead atoms. The van der Waals surface area contributed by atoms with E-state index in [2.05, 4.69) is 12.2 Å². The molecule has 3 aromatic rings. The Bertz CT molecular complexity index is 1020. The molecule has 1 aliphatic heterocycles. The average molecular weight is 452 g/mol. The van der Waals surface area contributed by atoms with E-state index in [0.717, 1.165) is 28.3 Å². The van der Waals surface area contributed by atoms with Gasteiger partial charge >= 0.3 is 0 Å². The van der Waals surface area contributed by atoms with Crippen LogP contribution >= 0.6 is 11.3 Å². The molecule has 32 heavy (non-hydrogen) atoms. The number of nitrogens with one attached hydrogen (secondary N) is 1. The Balaban J connectivity index is 1.26. The highest BCUT2D eigenvalue weighted by Crippen LogP contribution is 2.26. The van der Waals surface area contributed by atoms with E-state index >= 15 is 0 Å².